The van der Waals surface area contributed by atoms with Crippen molar-refractivity contribution < 1.29 is 14.3 Å². The average Bonchev–Trinajstić information content (AvgIpc) is 3.80. The molecule has 212 valence electrons. The van der Waals surface area contributed by atoms with E-state index in [9.17, 15) is 9.59 Å². The van der Waals surface area contributed by atoms with E-state index < -0.39 is 12.1 Å². The molecule has 3 heterocycles. The molecule has 1 saturated carbocycles. The zero-order valence-corrected chi connectivity index (χ0v) is 23.6. The normalized spacial score (nSPS) is 20.7. The smallest absolute Gasteiger partial charge is 0.407 e. The molecular weight excluding hydrogens is 516 g/mol. The Morgan fingerprint density at radius 1 is 0.951 bits per heavy atom. The Morgan fingerprint density at radius 3 is 2.22 bits per heavy atom. The lowest BCUT2D eigenvalue weighted by Crippen LogP contribution is -2.53. The molecule has 2 aromatic heterocycles. The standard InChI is InChI=1S/C32H36N6O3/c1-19(2)29(37-32(40)41-3)31(39)38-27-6-4-5-24(27)15-28(38)30-34-17-26(36-30)23-13-9-21(10-14-23)20-7-11-22(12-8-20)25-16-33-18-35-25/h7-14,16-19,24,27-29H,4-6,15H2,1-3H3,(H,33,35)(H,34,36)(H,37,40). The maximum Gasteiger partial charge on any atom is 0.407 e. The molecule has 2 amide bonds. The van der Waals surface area contributed by atoms with E-state index in [1.165, 1.54) is 7.11 Å². The van der Waals surface area contributed by atoms with Gasteiger partial charge in [-0.05, 0) is 53.4 Å². The van der Waals surface area contributed by atoms with Crippen LogP contribution in [0.3, 0.4) is 0 Å². The third kappa shape index (κ3) is 5.24. The first-order valence-corrected chi connectivity index (χ1v) is 14.3. The van der Waals surface area contributed by atoms with E-state index in [2.05, 4.69) is 68.8 Å². The molecule has 0 radical (unpaired) electrons. The predicted molar refractivity (Wildman–Crippen MR) is 157 cm³/mol. The number of likely N-dealkylation sites (tertiary alicyclic amines) is 1. The van der Waals surface area contributed by atoms with Crippen molar-refractivity contribution in [3.05, 3.63) is 73.1 Å². The van der Waals surface area contributed by atoms with Gasteiger partial charge < -0.3 is 24.9 Å². The summed E-state index contributed by atoms with van der Waals surface area (Å²) in [5.74, 6) is 1.10. The molecule has 1 aliphatic heterocycles. The van der Waals surface area contributed by atoms with Crippen molar-refractivity contribution in [2.24, 2.45) is 11.8 Å². The van der Waals surface area contributed by atoms with Crippen LogP contribution in [0.2, 0.25) is 0 Å². The summed E-state index contributed by atoms with van der Waals surface area (Å²) in [5, 5.41) is 2.77. The van der Waals surface area contributed by atoms with Gasteiger partial charge in [0.25, 0.3) is 0 Å². The number of H-pyrrole nitrogens is 2. The van der Waals surface area contributed by atoms with Crippen LogP contribution in [0.5, 0.6) is 0 Å². The summed E-state index contributed by atoms with van der Waals surface area (Å²) in [4.78, 5) is 43.5. The number of nitrogens with zero attached hydrogens (tertiary/aromatic N) is 3. The molecule has 9 heteroatoms. The highest BCUT2D eigenvalue weighted by atomic mass is 16.5. The fourth-order valence-corrected chi connectivity index (χ4v) is 6.46. The van der Waals surface area contributed by atoms with Crippen molar-refractivity contribution in [3.8, 4) is 33.6 Å². The number of alkyl carbamates (subject to hydrolysis) is 1. The van der Waals surface area contributed by atoms with Crippen LogP contribution in [0.1, 0.15) is 51.4 Å². The first-order valence-electron chi connectivity index (χ1n) is 14.3. The minimum Gasteiger partial charge on any atom is -0.453 e. The monoisotopic (exact) mass is 552 g/mol. The molecule has 3 N–H and O–H groups in total. The molecule has 9 nitrogen and oxygen atoms in total. The quantitative estimate of drug-likeness (QED) is 0.262. The number of nitrogens with one attached hydrogen (secondary N) is 3. The lowest BCUT2D eigenvalue weighted by atomic mass is 10.0. The Hall–Kier alpha value is -4.40. The number of ether oxygens (including phenoxy) is 1. The fourth-order valence-electron chi connectivity index (χ4n) is 6.46. The number of imidazole rings is 2. The van der Waals surface area contributed by atoms with Crippen LogP contribution in [0.15, 0.2) is 67.3 Å². The first-order chi connectivity index (χ1) is 19.9. The Kier molecular flexibility index (Phi) is 7.34. The number of hydrogen-bond donors (Lipinski definition) is 3. The molecule has 4 unspecified atom stereocenters. The van der Waals surface area contributed by atoms with Crippen molar-refractivity contribution in [2.75, 3.05) is 7.11 Å². The molecule has 4 atom stereocenters. The minimum absolute atomic E-state index is 0.0642. The highest BCUT2D eigenvalue weighted by Crippen LogP contribution is 2.47. The largest absolute Gasteiger partial charge is 0.453 e. The molecule has 41 heavy (non-hydrogen) atoms. The van der Waals surface area contributed by atoms with Gasteiger partial charge in [-0.3, -0.25) is 4.79 Å². The van der Waals surface area contributed by atoms with E-state index in [1.807, 2.05) is 31.1 Å². The molecule has 2 fully saturated rings. The molecule has 4 aromatic rings. The summed E-state index contributed by atoms with van der Waals surface area (Å²) in [6.07, 6.45) is 8.84. The Labute approximate surface area is 239 Å². The number of carbonyl (C=O) groups is 2. The van der Waals surface area contributed by atoms with E-state index >= 15 is 0 Å². The van der Waals surface area contributed by atoms with Crippen molar-refractivity contribution >= 4 is 12.0 Å². The molecule has 1 aliphatic carbocycles. The van der Waals surface area contributed by atoms with E-state index in [1.54, 1.807) is 6.33 Å². The second kappa shape index (κ2) is 11.2. The van der Waals surface area contributed by atoms with Gasteiger partial charge in [-0.1, -0.05) is 68.8 Å². The van der Waals surface area contributed by atoms with Crippen LogP contribution in [0.25, 0.3) is 33.6 Å². The van der Waals surface area contributed by atoms with Crippen molar-refractivity contribution in [1.82, 2.24) is 30.2 Å². The SMILES string of the molecule is COC(=O)NC(C(=O)N1C(c2ncc(-c3ccc(-c4ccc(-c5cnc[nH]5)cc4)cc3)[nH]2)CC2CCCC21)C(C)C. The third-order valence-electron chi connectivity index (χ3n) is 8.62. The van der Waals surface area contributed by atoms with Crippen LogP contribution in [-0.2, 0) is 9.53 Å². The molecule has 2 aromatic carbocycles. The number of benzene rings is 2. The van der Waals surface area contributed by atoms with Gasteiger partial charge in [0.2, 0.25) is 5.91 Å². The van der Waals surface area contributed by atoms with Crippen molar-refractivity contribution in [1.29, 1.82) is 0 Å². The van der Waals surface area contributed by atoms with Crippen LogP contribution in [0, 0.1) is 11.8 Å². The molecule has 2 aliphatic rings. The zero-order chi connectivity index (χ0) is 28.5. The lowest BCUT2D eigenvalue weighted by molar-refractivity contribution is -0.137. The van der Waals surface area contributed by atoms with Gasteiger partial charge in [0, 0.05) is 6.04 Å². The summed E-state index contributed by atoms with van der Waals surface area (Å²) in [7, 11) is 1.32. The van der Waals surface area contributed by atoms with Gasteiger partial charge in [-0.2, -0.15) is 0 Å². The van der Waals surface area contributed by atoms with E-state index in [0.717, 1.165) is 65.1 Å². The fraction of sp³-hybridized carbons (Fsp3) is 0.375. The highest BCUT2D eigenvalue weighted by molar-refractivity contribution is 5.87. The van der Waals surface area contributed by atoms with E-state index in [0.29, 0.717) is 5.92 Å². The van der Waals surface area contributed by atoms with Gasteiger partial charge >= 0.3 is 6.09 Å². The lowest BCUT2D eigenvalue weighted by Gasteiger charge is -2.33. The van der Waals surface area contributed by atoms with Crippen molar-refractivity contribution in [3.63, 3.8) is 0 Å². The second-order valence-electron chi connectivity index (χ2n) is 11.4. The van der Waals surface area contributed by atoms with Gasteiger partial charge in [0.15, 0.2) is 0 Å². The van der Waals surface area contributed by atoms with Crippen molar-refractivity contribution in [2.45, 2.75) is 57.7 Å². The molecule has 0 bridgehead atoms. The number of amides is 2. The summed E-state index contributed by atoms with van der Waals surface area (Å²) in [6, 6.07) is 16.2. The minimum atomic E-state index is -0.653. The average molecular weight is 553 g/mol. The highest BCUT2D eigenvalue weighted by Gasteiger charge is 2.49. The number of methoxy groups -OCH3 is 1. The molecule has 1 saturated heterocycles. The summed E-state index contributed by atoms with van der Waals surface area (Å²) in [5.41, 5.74) is 6.30. The summed E-state index contributed by atoms with van der Waals surface area (Å²) >= 11 is 0. The van der Waals surface area contributed by atoms with Crippen LogP contribution in [0.4, 0.5) is 4.79 Å². The molecule has 6 rings (SSSR count). The second-order valence-corrected chi connectivity index (χ2v) is 11.4. The number of carbonyl (C=O) groups excluding carboxylic acids is 2. The van der Waals surface area contributed by atoms with E-state index in [4.69, 9.17) is 9.72 Å². The Balaban J connectivity index is 1.21. The maximum absolute atomic E-state index is 13.9. The van der Waals surface area contributed by atoms with Gasteiger partial charge in [-0.25, -0.2) is 14.8 Å². The Morgan fingerprint density at radius 2 is 1.61 bits per heavy atom. The first kappa shape index (κ1) is 26.8. The third-order valence-corrected chi connectivity index (χ3v) is 8.62. The van der Waals surface area contributed by atoms with Gasteiger partial charge in [-0.15, -0.1) is 0 Å². The van der Waals surface area contributed by atoms with Crippen LogP contribution < -0.4 is 5.32 Å². The van der Waals surface area contributed by atoms with Gasteiger partial charge in [0.05, 0.1) is 43.3 Å². The van der Waals surface area contributed by atoms with Crippen LogP contribution in [-0.4, -0.2) is 56.0 Å². The van der Waals surface area contributed by atoms with Crippen LogP contribution >= 0.6 is 0 Å². The number of rotatable bonds is 7. The number of hydrogen-bond acceptors (Lipinski definition) is 5. The topological polar surface area (TPSA) is 116 Å². The number of aromatic amines is 2. The number of fused-ring (bicyclic) bond motifs is 1. The summed E-state index contributed by atoms with van der Waals surface area (Å²) < 4.78 is 4.81. The zero-order valence-electron chi connectivity index (χ0n) is 23.6. The molecule has 0 spiro atoms. The predicted octanol–water partition coefficient (Wildman–Crippen LogP) is 5.96. The Bertz CT molecular complexity index is 1490. The maximum atomic E-state index is 13.9. The van der Waals surface area contributed by atoms with Gasteiger partial charge in [0.1, 0.15) is 11.9 Å². The van der Waals surface area contributed by atoms with E-state index in [-0.39, 0.29) is 23.9 Å². The number of aromatic nitrogens is 4. The summed E-state index contributed by atoms with van der Waals surface area (Å²) in [6.45, 7) is 3.89. The molecular formula is C32H36N6O3.